The topological polar surface area (TPSA) is 87.2 Å². The predicted molar refractivity (Wildman–Crippen MR) is 84.9 cm³/mol. The minimum absolute atomic E-state index is 0.0839. The van der Waals surface area contributed by atoms with Crippen LogP contribution in [-0.4, -0.2) is 31.6 Å². The van der Waals surface area contributed by atoms with E-state index in [-0.39, 0.29) is 17.3 Å². The monoisotopic (exact) mass is 305 g/mol. The first-order chi connectivity index (χ1) is 9.96. The summed E-state index contributed by atoms with van der Waals surface area (Å²) in [4.78, 5) is 0.260. The van der Waals surface area contributed by atoms with Crippen molar-refractivity contribution in [1.29, 1.82) is 5.41 Å². The molecule has 2 aromatic carbocycles. The maximum atomic E-state index is 12.8. The largest absolute Gasteiger partial charge is 0.387 e. The summed E-state index contributed by atoms with van der Waals surface area (Å²) in [5.41, 5.74) is 5.39. The van der Waals surface area contributed by atoms with Crippen LogP contribution in [0.2, 0.25) is 0 Å². The van der Waals surface area contributed by atoms with Crippen LogP contribution in [0.3, 0.4) is 0 Å². The maximum absolute atomic E-state index is 12.8. The van der Waals surface area contributed by atoms with Crippen molar-refractivity contribution in [3.63, 3.8) is 0 Å². The molecule has 0 radical (unpaired) electrons. The van der Waals surface area contributed by atoms with Crippen LogP contribution in [0.1, 0.15) is 13.3 Å². The summed E-state index contributed by atoms with van der Waals surface area (Å²) in [6, 6.07) is 12.6. The van der Waals surface area contributed by atoms with Crippen LogP contribution in [0.15, 0.2) is 47.4 Å². The quantitative estimate of drug-likeness (QED) is 0.633. The first kappa shape index (κ1) is 15.5. The molecule has 0 saturated carbocycles. The molecule has 0 aliphatic rings. The van der Waals surface area contributed by atoms with Crippen molar-refractivity contribution in [3.05, 3.63) is 42.5 Å². The Bertz CT molecular complexity index is 751. The zero-order chi connectivity index (χ0) is 15.5. The highest BCUT2D eigenvalue weighted by Gasteiger charge is 2.25. The molecule has 0 spiro atoms. The second kappa shape index (κ2) is 6.24. The summed E-state index contributed by atoms with van der Waals surface area (Å²) in [5.74, 6) is -0.160. The van der Waals surface area contributed by atoms with Crippen molar-refractivity contribution in [2.75, 3.05) is 13.1 Å². The predicted octanol–water partition coefficient (Wildman–Crippen LogP) is 2.18. The molecule has 0 bridgehead atoms. The van der Waals surface area contributed by atoms with Gasteiger partial charge in [-0.2, -0.15) is 4.31 Å². The third-order valence-electron chi connectivity index (χ3n) is 3.19. The highest BCUT2D eigenvalue weighted by atomic mass is 32.2. The molecular formula is C15H19N3O2S. The lowest BCUT2D eigenvalue weighted by Gasteiger charge is -2.21. The van der Waals surface area contributed by atoms with Crippen molar-refractivity contribution in [3.8, 4) is 0 Å². The van der Waals surface area contributed by atoms with Crippen LogP contribution in [0, 0.1) is 5.41 Å². The van der Waals surface area contributed by atoms with Gasteiger partial charge in [-0.15, -0.1) is 0 Å². The SMILES string of the molecule is CCCN(CC(=N)N)S(=O)(=O)c1cccc2ccccc12. The molecule has 0 heterocycles. The Balaban J connectivity index is 2.56. The molecule has 0 atom stereocenters. The Hall–Kier alpha value is -1.92. The van der Waals surface area contributed by atoms with E-state index in [1.54, 1.807) is 18.2 Å². The molecule has 0 saturated heterocycles. The number of amidine groups is 1. The van der Waals surface area contributed by atoms with E-state index >= 15 is 0 Å². The lowest BCUT2D eigenvalue weighted by atomic mass is 10.1. The van der Waals surface area contributed by atoms with Crippen LogP contribution in [0.5, 0.6) is 0 Å². The third-order valence-corrected chi connectivity index (χ3v) is 5.09. The van der Waals surface area contributed by atoms with Crippen LogP contribution in [-0.2, 0) is 10.0 Å². The van der Waals surface area contributed by atoms with E-state index in [1.807, 2.05) is 31.2 Å². The second-order valence-corrected chi connectivity index (χ2v) is 6.75. The Morgan fingerprint density at radius 1 is 1.19 bits per heavy atom. The minimum atomic E-state index is -3.67. The van der Waals surface area contributed by atoms with Crippen LogP contribution in [0.4, 0.5) is 0 Å². The molecule has 112 valence electrons. The molecule has 0 amide bonds. The second-order valence-electron chi connectivity index (χ2n) is 4.84. The Kier molecular flexibility index (Phi) is 4.59. The molecule has 0 fully saturated rings. The van der Waals surface area contributed by atoms with Gasteiger partial charge in [0, 0.05) is 11.9 Å². The van der Waals surface area contributed by atoms with Gasteiger partial charge in [-0.1, -0.05) is 43.3 Å². The smallest absolute Gasteiger partial charge is 0.244 e. The summed E-state index contributed by atoms with van der Waals surface area (Å²) in [7, 11) is -3.67. The molecular weight excluding hydrogens is 286 g/mol. The molecule has 2 rings (SSSR count). The summed E-state index contributed by atoms with van der Waals surface area (Å²) < 4.78 is 27.0. The van der Waals surface area contributed by atoms with Crippen molar-refractivity contribution in [1.82, 2.24) is 4.31 Å². The summed E-state index contributed by atoms with van der Waals surface area (Å²) in [6.07, 6.45) is 0.664. The van der Waals surface area contributed by atoms with Gasteiger partial charge in [0.25, 0.3) is 0 Å². The van der Waals surface area contributed by atoms with Crippen LogP contribution < -0.4 is 5.73 Å². The number of fused-ring (bicyclic) bond motifs is 1. The number of nitrogens with one attached hydrogen (secondary N) is 1. The first-order valence-electron chi connectivity index (χ1n) is 6.77. The van der Waals surface area contributed by atoms with Crippen LogP contribution >= 0.6 is 0 Å². The lowest BCUT2D eigenvalue weighted by molar-refractivity contribution is 0.448. The number of hydrogen-bond acceptors (Lipinski definition) is 3. The van der Waals surface area contributed by atoms with E-state index in [0.717, 1.165) is 5.39 Å². The Morgan fingerprint density at radius 3 is 2.52 bits per heavy atom. The van der Waals surface area contributed by atoms with Gasteiger partial charge in [-0.25, -0.2) is 8.42 Å². The van der Waals surface area contributed by atoms with Gasteiger partial charge in [-0.3, -0.25) is 5.41 Å². The van der Waals surface area contributed by atoms with Gasteiger partial charge in [0.15, 0.2) is 0 Å². The summed E-state index contributed by atoms with van der Waals surface area (Å²) in [5, 5.41) is 8.94. The van der Waals surface area contributed by atoms with Crippen molar-refractivity contribution < 1.29 is 8.42 Å². The van der Waals surface area contributed by atoms with E-state index in [9.17, 15) is 8.42 Å². The molecule has 0 aromatic heterocycles. The molecule has 0 aliphatic heterocycles. The fourth-order valence-electron chi connectivity index (χ4n) is 2.28. The van der Waals surface area contributed by atoms with Crippen molar-refractivity contribution in [2.24, 2.45) is 5.73 Å². The molecule has 0 aliphatic carbocycles. The Labute approximate surface area is 124 Å². The number of rotatable bonds is 6. The normalized spacial score (nSPS) is 11.9. The summed E-state index contributed by atoms with van der Waals surface area (Å²) in [6.45, 7) is 2.15. The highest BCUT2D eigenvalue weighted by Crippen LogP contribution is 2.25. The number of hydrogen-bond donors (Lipinski definition) is 2. The van der Waals surface area contributed by atoms with E-state index < -0.39 is 10.0 Å². The molecule has 3 N–H and O–H groups in total. The van der Waals surface area contributed by atoms with Gasteiger partial charge >= 0.3 is 0 Å². The zero-order valence-electron chi connectivity index (χ0n) is 11.9. The molecule has 2 aromatic rings. The zero-order valence-corrected chi connectivity index (χ0v) is 12.7. The fraction of sp³-hybridized carbons (Fsp3) is 0.267. The molecule has 5 nitrogen and oxygen atoms in total. The molecule has 21 heavy (non-hydrogen) atoms. The minimum Gasteiger partial charge on any atom is -0.387 e. The third kappa shape index (κ3) is 3.22. The van der Waals surface area contributed by atoms with Gasteiger partial charge in [0.05, 0.1) is 11.4 Å². The average molecular weight is 305 g/mol. The van der Waals surface area contributed by atoms with Crippen molar-refractivity contribution in [2.45, 2.75) is 18.2 Å². The average Bonchev–Trinajstić information content (AvgIpc) is 2.45. The number of nitrogens with zero attached hydrogens (tertiary/aromatic N) is 1. The Morgan fingerprint density at radius 2 is 1.86 bits per heavy atom. The standard InChI is InChI=1S/C15H19N3O2S/c1-2-10-18(11-15(16)17)21(19,20)14-9-5-7-12-6-3-4-8-13(12)14/h3-9H,2,10-11H2,1H3,(H3,16,17). The van der Waals surface area contributed by atoms with E-state index in [2.05, 4.69) is 0 Å². The molecule has 0 unspecified atom stereocenters. The first-order valence-corrected chi connectivity index (χ1v) is 8.21. The van der Waals surface area contributed by atoms with Crippen molar-refractivity contribution >= 4 is 26.6 Å². The maximum Gasteiger partial charge on any atom is 0.244 e. The number of nitrogens with two attached hydrogens (primary N) is 1. The van der Waals surface area contributed by atoms with E-state index in [0.29, 0.717) is 18.4 Å². The van der Waals surface area contributed by atoms with E-state index in [4.69, 9.17) is 11.1 Å². The highest BCUT2D eigenvalue weighted by molar-refractivity contribution is 7.89. The lowest BCUT2D eigenvalue weighted by Crippen LogP contribution is -2.38. The van der Waals surface area contributed by atoms with Gasteiger partial charge in [0.1, 0.15) is 5.84 Å². The number of sulfonamides is 1. The fourth-order valence-corrected chi connectivity index (χ4v) is 4.01. The van der Waals surface area contributed by atoms with Gasteiger partial charge in [-0.05, 0) is 17.9 Å². The molecule has 6 heteroatoms. The van der Waals surface area contributed by atoms with Gasteiger partial charge < -0.3 is 5.73 Å². The van der Waals surface area contributed by atoms with Gasteiger partial charge in [0.2, 0.25) is 10.0 Å². The van der Waals surface area contributed by atoms with Crippen LogP contribution in [0.25, 0.3) is 10.8 Å². The number of benzene rings is 2. The summed E-state index contributed by atoms with van der Waals surface area (Å²) >= 11 is 0. The van der Waals surface area contributed by atoms with E-state index in [1.165, 1.54) is 4.31 Å².